The zero-order chi connectivity index (χ0) is 17.0. The molecule has 1 N–H and O–H groups in total. The van der Waals surface area contributed by atoms with Crippen molar-refractivity contribution in [2.24, 2.45) is 0 Å². The first-order valence-electron chi connectivity index (χ1n) is 7.06. The molecule has 1 amide bonds. The molecule has 0 aromatic heterocycles. The van der Waals surface area contributed by atoms with Gasteiger partial charge in [0.25, 0.3) is 0 Å². The summed E-state index contributed by atoms with van der Waals surface area (Å²) in [4.78, 5) is 24.7. The van der Waals surface area contributed by atoms with E-state index in [4.69, 9.17) is 9.84 Å². The molecule has 1 aliphatic rings. The topological polar surface area (TPSA) is 76.1 Å². The highest BCUT2D eigenvalue weighted by Gasteiger charge is 2.33. The number of hydrogen-bond acceptors (Lipinski definition) is 4. The average Bonchev–Trinajstić information content (AvgIpc) is 2.96. The average molecular weight is 329 g/mol. The monoisotopic (exact) mass is 329 g/mol. The summed E-state index contributed by atoms with van der Waals surface area (Å²) in [5.41, 5.74) is 0.447. The summed E-state index contributed by atoms with van der Waals surface area (Å²) < 4.78 is 34.1. The van der Waals surface area contributed by atoms with E-state index in [2.05, 4.69) is 4.74 Å². The van der Waals surface area contributed by atoms with Crippen LogP contribution in [0.3, 0.4) is 0 Å². The summed E-state index contributed by atoms with van der Waals surface area (Å²) >= 11 is 0. The van der Waals surface area contributed by atoms with Crippen molar-refractivity contribution in [3.63, 3.8) is 0 Å². The van der Waals surface area contributed by atoms with Gasteiger partial charge in [0, 0.05) is 6.54 Å². The lowest BCUT2D eigenvalue weighted by atomic mass is 10.1. The van der Waals surface area contributed by atoms with Gasteiger partial charge in [-0.25, -0.2) is 4.79 Å². The van der Waals surface area contributed by atoms with Gasteiger partial charge in [0.05, 0.1) is 13.5 Å². The number of nitrogens with zero attached hydrogens (tertiary/aromatic N) is 1. The number of ether oxygens (including phenoxy) is 2. The molecule has 126 valence electrons. The molecule has 1 atom stereocenters. The second-order valence-electron chi connectivity index (χ2n) is 5.12. The number of carboxylic acids is 1. The number of carbonyl (C=O) groups excluding carboxylic acids is 1. The number of benzene rings is 1. The molecular weight excluding hydrogens is 312 g/mol. The number of hydrogen-bond donors (Lipinski definition) is 1. The molecule has 0 aliphatic carbocycles. The minimum absolute atomic E-state index is 0.0899. The van der Waals surface area contributed by atoms with Crippen LogP contribution in [0.15, 0.2) is 18.2 Å². The molecule has 1 aromatic rings. The predicted octanol–water partition coefficient (Wildman–Crippen LogP) is 1.91. The van der Waals surface area contributed by atoms with Gasteiger partial charge >= 0.3 is 12.6 Å². The summed E-state index contributed by atoms with van der Waals surface area (Å²) in [7, 11) is 1.32. The molecule has 2 rings (SSSR count). The number of amides is 1. The lowest BCUT2D eigenvalue weighted by molar-refractivity contribution is -0.148. The molecule has 1 saturated heterocycles. The maximum absolute atomic E-state index is 12.4. The van der Waals surface area contributed by atoms with Gasteiger partial charge in [-0.05, 0) is 30.5 Å². The van der Waals surface area contributed by atoms with Crippen LogP contribution in [0.25, 0.3) is 0 Å². The van der Waals surface area contributed by atoms with E-state index in [0.29, 0.717) is 24.9 Å². The third-order valence-corrected chi connectivity index (χ3v) is 3.66. The zero-order valence-corrected chi connectivity index (χ0v) is 12.5. The van der Waals surface area contributed by atoms with Crippen molar-refractivity contribution in [1.29, 1.82) is 0 Å². The predicted molar refractivity (Wildman–Crippen MR) is 75.7 cm³/mol. The molecule has 0 saturated carbocycles. The van der Waals surface area contributed by atoms with Gasteiger partial charge in [-0.15, -0.1) is 0 Å². The maximum atomic E-state index is 12.4. The van der Waals surface area contributed by atoms with Crippen molar-refractivity contribution in [2.75, 3.05) is 13.7 Å². The highest BCUT2D eigenvalue weighted by molar-refractivity contribution is 5.85. The van der Waals surface area contributed by atoms with E-state index in [0.717, 1.165) is 0 Å². The van der Waals surface area contributed by atoms with Gasteiger partial charge in [0.1, 0.15) is 6.04 Å². The number of alkyl halides is 2. The van der Waals surface area contributed by atoms with E-state index in [1.807, 2.05) is 0 Å². The van der Waals surface area contributed by atoms with Crippen molar-refractivity contribution in [2.45, 2.75) is 31.9 Å². The Labute approximate surface area is 131 Å². The Morgan fingerprint density at radius 3 is 2.74 bits per heavy atom. The van der Waals surface area contributed by atoms with E-state index in [1.54, 1.807) is 6.07 Å². The molecule has 0 bridgehead atoms. The molecule has 23 heavy (non-hydrogen) atoms. The maximum Gasteiger partial charge on any atom is 0.387 e. The van der Waals surface area contributed by atoms with Gasteiger partial charge in [-0.1, -0.05) is 6.07 Å². The van der Waals surface area contributed by atoms with Crippen LogP contribution in [0, 0.1) is 0 Å². The Kier molecular flexibility index (Phi) is 5.36. The quantitative estimate of drug-likeness (QED) is 0.863. The number of likely N-dealkylation sites (tertiary alicyclic amines) is 1. The van der Waals surface area contributed by atoms with Crippen LogP contribution in [0.2, 0.25) is 0 Å². The minimum Gasteiger partial charge on any atom is -0.493 e. The second-order valence-corrected chi connectivity index (χ2v) is 5.12. The van der Waals surface area contributed by atoms with Crippen molar-refractivity contribution in [3.8, 4) is 11.5 Å². The molecule has 1 fully saturated rings. The Morgan fingerprint density at radius 2 is 2.13 bits per heavy atom. The van der Waals surface area contributed by atoms with Crippen molar-refractivity contribution < 1.29 is 33.0 Å². The largest absolute Gasteiger partial charge is 0.493 e. The van der Waals surface area contributed by atoms with Crippen LogP contribution in [0.1, 0.15) is 18.4 Å². The minimum atomic E-state index is -3.01. The third kappa shape index (κ3) is 4.08. The second kappa shape index (κ2) is 7.26. The molecule has 8 heteroatoms. The van der Waals surface area contributed by atoms with Crippen LogP contribution in [0.4, 0.5) is 8.78 Å². The number of rotatable bonds is 6. The summed E-state index contributed by atoms with van der Waals surface area (Å²) in [6.45, 7) is -2.63. The van der Waals surface area contributed by atoms with Gasteiger partial charge in [0.15, 0.2) is 11.5 Å². The molecule has 0 radical (unpaired) electrons. The highest BCUT2D eigenvalue weighted by atomic mass is 19.3. The van der Waals surface area contributed by atoms with E-state index in [1.165, 1.54) is 24.1 Å². The number of halogens is 2. The number of methoxy groups -OCH3 is 1. The van der Waals surface area contributed by atoms with Crippen LogP contribution in [0.5, 0.6) is 11.5 Å². The van der Waals surface area contributed by atoms with Crippen LogP contribution >= 0.6 is 0 Å². The fraction of sp³-hybridized carbons (Fsp3) is 0.467. The first-order valence-corrected chi connectivity index (χ1v) is 7.06. The van der Waals surface area contributed by atoms with E-state index in [9.17, 15) is 18.4 Å². The van der Waals surface area contributed by atoms with Gasteiger partial charge in [-0.2, -0.15) is 8.78 Å². The molecule has 0 spiro atoms. The SMILES string of the molecule is COc1ccc(CC(=O)N2CCCC2C(=O)O)cc1OC(F)F. The smallest absolute Gasteiger partial charge is 0.387 e. The van der Waals surface area contributed by atoms with Crippen LogP contribution < -0.4 is 9.47 Å². The lowest BCUT2D eigenvalue weighted by Crippen LogP contribution is -2.41. The molecule has 6 nitrogen and oxygen atoms in total. The van der Waals surface area contributed by atoms with Crippen molar-refractivity contribution >= 4 is 11.9 Å². The zero-order valence-electron chi connectivity index (χ0n) is 12.5. The van der Waals surface area contributed by atoms with E-state index in [-0.39, 0.29) is 23.8 Å². The highest BCUT2D eigenvalue weighted by Crippen LogP contribution is 2.30. The standard InChI is InChI=1S/C15H17F2NO5/c1-22-11-5-4-9(7-12(11)23-15(16)17)8-13(19)18-6-2-3-10(18)14(20)21/h4-5,7,10,15H,2-3,6,8H2,1H3,(H,20,21). The number of carbonyl (C=O) groups is 2. The molecular formula is C15H17F2NO5. The Morgan fingerprint density at radius 1 is 1.39 bits per heavy atom. The first kappa shape index (κ1) is 17.0. The molecule has 1 aromatic carbocycles. The van der Waals surface area contributed by atoms with Crippen molar-refractivity contribution in [3.05, 3.63) is 23.8 Å². The van der Waals surface area contributed by atoms with Gasteiger partial charge in [-0.3, -0.25) is 4.79 Å². The van der Waals surface area contributed by atoms with Crippen molar-refractivity contribution in [1.82, 2.24) is 4.90 Å². The fourth-order valence-corrected chi connectivity index (χ4v) is 2.62. The lowest BCUT2D eigenvalue weighted by Gasteiger charge is -2.21. The number of aliphatic carboxylic acids is 1. The third-order valence-electron chi connectivity index (χ3n) is 3.66. The molecule has 1 unspecified atom stereocenters. The molecule has 1 aliphatic heterocycles. The summed E-state index contributed by atoms with van der Waals surface area (Å²) in [5, 5.41) is 9.10. The van der Waals surface area contributed by atoms with Gasteiger partial charge < -0.3 is 19.5 Å². The number of carboxylic acid groups (broad SMARTS) is 1. The van der Waals surface area contributed by atoms with Crippen LogP contribution in [-0.2, 0) is 16.0 Å². The molecule has 1 heterocycles. The van der Waals surface area contributed by atoms with Crippen LogP contribution in [-0.4, -0.2) is 48.2 Å². The summed E-state index contributed by atoms with van der Waals surface area (Å²) in [6.07, 6.45) is 0.960. The summed E-state index contributed by atoms with van der Waals surface area (Å²) in [5.74, 6) is -1.43. The fourth-order valence-electron chi connectivity index (χ4n) is 2.62. The first-order chi connectivity index (χ1) is 10.9. The van der Waals surface area contributed by atoms with Gasteiger partial charge in [0.2, 0.25) is 5.91 Å². The van der Waals surface area contributed by atoms with E-state index >= 15 is 0 Å². The Balaban J connectivity index is 2.13. The normalized spacial score (nSPS) is 17.4. The Hall–Kier alpha value is -2.38. The Bertz CT molecular complexity index is 593. The summed E-state index contributed by atoms with van der Waals surface area (Å²) in [6, 6.07) is 3.46. The van der Waals surface area contributed by atoms with E-state index < -0.39 is 18.6 Å².